The molecule has 3 unspecified atom stereocenters. The van der Waals surface area contributed by atoms with Gasteiger partial charge < -0.3 is 4.74 Å². The summed E-state index contributed by atoms with van der Waals surface area (Å²) in [6.07, 6.45) is 0.343. The predicted molar refractivity (Wildman–Crippen MR) is 59.4 cm³/mol. The molecule has 0 N–H and O–H groups in total. The van der Waals surface area contributed by atoms with Crippen molar-refractivity contribution in [3.63, 3.8) is 0 Å². The maximum absolute atomic E-state index is 5.35. The molecule has 13 heavy (non-hydrogen) atoms. The minimum atomic E-state index is 0.343. The van der Waals surface area contributed by atoms with Gasteiger partial charge in [0.05, 0.1) is 6.10 Å². The van der Waals surface area contributed by atoms with E-state index in [0.717, 1.165) is 5.25 Å². The minimum Gasteiger partial charge on any atom is -0.380 e. The van der Waals surface area contributed by atoms with Crippen LogP contribution in [-0.2, 0) is 4.74 Å². The Bertz CT molecular complexity index is 154. The van der Waals surface area contributed by atoms with E-state index in [1.165, 1.54) is 18.8 Å². The quantitative estimate of drug-likeness (QED) is 0.694. The summed E-state index contributed by atoms with van der Waals surface area (Å²) in [5.41, 5.74) is 0. The number of rotatable bonds is 3. The van der Waals surface area contributed by atoms with Gasteiger partial charge in [0.1, 0.15) is 0 Å². The van der Waals surface area contributed by atoms with Crippen molar-refractivity contribution in [2.75, 3.05) is 26.0 Å². The summed E-state index contributed by atoms with van der Waals surface area (Å²) in [7, 11) is 1.79. The van der Waals surface area contributed by atoms with Crippen molar-refractivity contribution in [3.8, 4) is 0 Å². The molecule has 0 saturated carbocycles. The van der Waals surface area contributed by atoms with Crippen LogP contribution in [0.4, 0.5) is 0 Å². The van der Waals surface area contributed by atoms with E-state index >= 15 is 0 Å². The molecule has 0 aromatic rings. The van der Waals surface area contributed by atoms with E-state index in [-0.39, 0.29) is 0 Å². The second-order valence-corrected chi connectivity index (χ2v) is 5.40. The first kappa shape index (κ1) is 11.3. The van der Waals surface area contributed by atoms with Gasteiger partial charge in [-0.3, -0.25) is 4.90 Å². The first-order valence-corrected chi connectivity index (χ1v) is 6.08. The number of thioether (sulfide) groups is 1. The smallest absolute Gasteiger partial charge is 0.0695 e. The Labute approximate surface area is 86.0 Å². The van der Waals surface area contributed by atoms with Gasteiger partial charge in [0.25, 0.3) is 0 Å². The molecule has 0 amide bonds. The average molecular weight is 203 g/mol. The number of ether oxygens (including phenoxy) is 1. The van der Waals surface area contributed by atoms with Gasteiger partial charge in [-0.05, 0) is 13.8 Å². The fourth-order valence-electron chi connectivity index (χ4n) is 1.71. The van der Waals surface area contributed by atoms with Crippen molar-refractivity contribution in [2.45, 2.75) is 38.2 Å². The SMILES string of the molecule is COC(C)C(C)N1CCSC(C)C1. The monoisotopic (exact) mass is 203 g/mol. The summed E-state index contributed by atoms with van der Waals surface area (Å²) < 4.78 is 5.35. The molecule has 1 saturated heterocycles. The van der Waals surface area contributed by atoms with E-state index in [0.29, 0.717) is 12.1 Å². The van der Waals surface area contributed by atoms with Gasteiger partial charge >= 0.3 is 0 Å². The van der Waals surface area contributed by atoms with Crippen LogP contribution in [0.25, 0.3) is 0 Å². The molecule has 1 heterocycles. The first-order valence-electron chi connectivity index (χ1n) is 5.03. The van der Waals surface area contributed by atoms with E-state index in [2.05, 4.69) is 37.4 Å². The molecule has 0 aromatic heterocycles. The van der Waals surface area contributed by atoms with E-state index < -0.39 is 0 Å². The number of hydrogen-bond donors (Lipinski definition) is 0. The molecule has 1 aliphatic heterocycles. The van der Waals surface area contributed by atoms with Crippen molar-refractivity contribution < 1.29 is 4.74 Å². The van der Waals surface area contributed by atoms with Crippen molar-refractivity contribution >= 4 is 11.8 Å². The maximum Gasteiger partial charge on any atom is 0.0695 e. The molecular weight excluding hydrogens is 182 g/mol. The molecule has 2 nitrogen and oxygen atoms in total. The second kappa shape index (κ2) is 5.23. The lowest BCUT2D eigenvalue weighted by Gasteiger charge is -2.37. The summed E-state index contributed by atoms with van der Waals surface area (Å²) in [5.74, 6) is 1.27. The second-order valence-electron chi connectivity index (χ2n) is 3.86. The van der Waals surface area contributed by atoms with Crippen LogP contribution in [0.5, 0.6) is 0 Å². The Morgan fingerprint density at radius 3 is 2.69 bits per heavy atom. The zero-order chi connectivity index (χ0) is 9.84. The fourth-order valence-corrected chi connectivity index (χ4v) is 2.75. The van der Waals surface area contributed by atoms with Crippen molar-refractivity contribution in [1.29, 1.82) is 0 Å². The summed E-state index contributed by atoms with van der Waals surface area (Å²) in [5, 5.41) is 0.778. The van der Waals surface area contributed by atoms with Crippen LogP contribution in [0.1, 0.15) is 20.8 Å². The molecule has 78 valence electrons. The highest BCUT2D eigenvalue weighted by molar-refractivity contribution is 7.99. The lowest BCUT2D eigenvalue weighted by molar-refractivity contribution is 0.0352. The Balaban J connectivity index is 2.41. The Hall–Kier alpha value is 0.270. The Kier molecular flexibility index (Phi) is 4.56. The largest absolute Gasteiger partial charge is 0.380 e. The van der Waals surface area contributed by atoms with E-state index in [1.807, 2.05) is 0 Å². The van der Waals surface area contributed by atoms with Gasteiger partial charge in [-0.1, -0.05) is 6.92 Å². The third-order valence-electron chi connectivity index (χ3n) is 2.90. The zero-order valence-corrected chi connectivity index (χ0v) is 9.93. The van der Waals surface area contributed by atoms with Gasteiger partial charge in [-0.15, -0.1) is 0 Å². The molecule has 0 aliphatic carbocycles. The molecule has 0 radical (unpaired) electrons. The van der Waals surface area contributed by atoms with Crippen molar-refractivity contribution in [3.05, 3.63) is 0 Å². The minimum absolute atomic E-state index is 0.343. The maximum atomic E-state index is 5.35. The van der Waals surface area contributed by atoms with Crippen molar-refractivity contribution in [2.24, 2.45) is 0 Å². The molecule has 3 atom stereocenters. The highest BCUT2D eigenvalue weighted by atomic mass is 32.2. The Morgan fingerprint density at radius 2 is 2.15 bits per heavy atom. The summed E-state index contributed by atoms with van der Waals surface area (Å²) in [4.78, 5) is 2.54. The van der Waals surface area contributed by atoms with Crippen LogP contribution >= 0.6 is 11.8 Å². The number of nitrogens with zero attached hydrogens (tertiary/aromatic N) is 1. The van der Waals surface area contributed by atoms with Crippen LogP contribution in [0.3, 0.4) is 0 Å². The molecule has 1 aliphatic rings. The predicted octanol–water partition coefficient (Wildman–Crippen LogP) is 1.85. The molecule has 0 aromatic carbocycles. The van der Waals surface area contributed by atoms with Gasteiger partial charge in [0.15, 0.2) is 0 Å². The van der Waals surface area contributed by atoms with E-state index in [4.69, 9.17) is 4.74 Å². The lowest BCUT2D eigenvalue weighted by atomic mass is 10.1. The van der Waals surface area contributed by atoms with Crippen LogP contribution in [0, 0.1) is 0 Å². The van der Waals surface area contributed by atoms with E-state index in [9.17, 15) is 0 Å². The summed E-state index contributed by atoms with van der Waals surface area (Å²) in [6.45, 7) is 9.14. The third kappa shape index (κ3) is 3.15. The van der Waals surface area contributed by atoms with Crippen LogP contribution < -0.4 is 0 Å². The van der Waals surface area contributed by atoms with Gasteiger partial charge in [0.2, 0.25) is 0 Å². The van der Waals surface area contributed by atoms with Crippen LogP contribution in [-0.4, -0.2) is 48.2 Å². The number of hydrogen-bond acceptors (Lipinski definition) is 3. The zero-order valence-electron chi connectivity index (χ0n) is 9.12. The van der Waals surface area contributed by atoms with Gasteiger partial charge in [0, 0.05) is 37.2 Å². The van der Waals surface area contributed by atoms with Gasteiger partial charge in [-0.25, -0.2) is 0 Å². The van der Waals surface area contributed by atoms with E-state index in [1.54, 1.807) is 7.11 Å². The molecule has 1 fully saturated rings. The van der Waals surface area contributed by atoms with Crippen molar-refractivity contribution in [1.82, 2.24) is 4.90 Å². The molecule has 0 spiro atoms. The highest BCUT2D eigenvalue weighted by Crippen LogP contribution is 2.20. The summed E-state index contributed by atoms with van der Waals surface area (Å²) >= 11 is 2.08. The van der Waals surface area contributed by atoms with Gasteiger partial charge in [-0.2, -0.15) is 11.8 Å². The fraction of sp³-hybridized carbons (Fsp3) is 1.00. The third-order valence-corrected chi connectivity index (χ3v) is 4.04. The lowest BCUT2D eigenvalue weighted by Crippen LogP contribution is -2.47. The molecule has 1 rings (SSSR count). The van der Waals surface area contributed by atoms with Crippen LogP contribution in [0.2, 0.25) is 0 Å². The highest BCUT2D eigenvalue weighted by Gasteiger charge is 2.24. The molecular formula is C10H21NOS. The number of methoxy groups -OCH3 is 1. The standard InChI is InChI=1S/C10H21NOS/c1-8-7-11(5-6-13-8)9(2)10(3)12-4/h8-10H,5-7H2,1-4H3. The van der Waals surface area contributed by atoms with Crippen LogP contribution in [0.15, 0.2) is 0 Å². The molecule has 3 heteroatoms. The normalized spacial score (nSPS) is 30.0. The Morgan fingerprint density at radius 1 is 1.46 bits per heavy atom. The molecule has 0 bridgehead atoms. The first-order chi connectivity index (χ1) is 6.15. The topological polar surface area (TPSA) is 12.5 Å². The average Bonchev–Trinajstić information content (AvgIpc) is 2.15. The summed E-state index contributed by atoms with van der Waals surface area (Å²) in [6, 6.07) is 0.549.